The Hall–Kier alpha value is -3.13. The van der Waals surface area contributed by atoms with Crippen LogP contribution in [0.3, 0.4) is 0 Å². The molecule has 5 atom stereocenters. The topological polar surface area (TPSA) is 222 Å². The number of carboxylic acids is 1. The van der Waals surface area contributed by atoms with E-state index < -0.39 is 66.1 Å². The zero-order valence-corrected chi connectivity index (χ0v) is 20.9. The smallest absolute Gasteiger partial charge is 0.326 e. The highest BCUT2D eigenvalue weighted by Crippen LogP contribution is 2.11. The molecule has 0 spiro atoms. The Balaban J connectivity index is 3.06. The summed E-state index contributed by atoms with van der Waals surface area (Å²) in [7, 11) is 0. The number of nitrogens with two attached hydrogens (primary N) is 2. The third-order valence-corrected chi connectivity index (χ3v) is 6.04. The molecule has 1 heterocycles. The van der Waals surface area contributed by atoms with Crippen LogP contribution < -0.4 is 27.4 Å². The molecule has 0 aliphatic carbocycles. The maximum atomic E-state index is 13.2. The first-order valence-corrected chi connectivity index (χ1v) is 12.5. The van der Waals surface area contributed by atoms with Crippen molar-refractivity contribution in [3.05, 3.63) is 18.2 Å². The van der Waals surface area contributed by atoms with Crippen LogP contribution in [0.4, 0.5) is 0 Å². The van der Waals surface area contributed by atoms with E-state index in [1.807, 2.05) is 6.26 Å². The van der Waals surface area contributed by atoms with Crippen molar-refractivity contribution < 1.29 is 29.1 Å². The Morgan fingerprint density at radius 2 is 1.77 bits per heavy atom. The molecule has 0 fully saturated rings. The number of nitrogens with one attached hydrogen (secondary N) is 4. The lowest BCUT2D eigenvalue weighted by molar-refractivity contribution is -0.144. The minimum absolute atomic E-state index is 0.0566. The number of amides is 4. The van der Waals surface area contributed by atoms with Crippen molar-refractivity contribution in [3.63, 3.8) is 0 Å². The number of carbonyl (C=O) groups is 5. The van der Waals surface area contributed by atoms with Gasteiger partial charge in [0.15, 0.2) is 0 Å². The second-order valence-electron chi connectivity index (χ2n) is 8.17. The van der Waals surface area contributed by atoms with Crippen LogP contribution in [-0.2, 0) is 30.4 Å². The summed E-state index contributed by atoms with van der Waals surface area (Å²) in [5.41, 5.74) is 11.6. The van der Waals surface area contributed by atoms with Crippen molar-refractivity contribution >= 4 is 41.4 Å². The van der Waals surface area contributed by atoms with Gasteiger partial charge < -0.3 is 37.5 Å². The lowest BCUT2D eigenvalue weighted by Gasteiger charge is -2.28. The number of aromatic nitrogens is 2. The standard InChI is InChI=1S/C21H35N7O6S/c1-4-11(2)17(20(32)27-15(21(33)34)8-16(23)29)28-19(31)14(7-12-9-24-10-25-12)26-18(30)13(22)5-6-35-3/h9-11,13-15,17H,4-8,22H2,1-3H3,(H2,23,29)(H,24,25)(H,26,30)(H,27,32)(H,28,31)(H,33,34). The van der Waals surface area contributed by atoms with E-state index in [9.17, 15) is 29.1 Å². The lowest BCUT2D eigenvalue weighted by atomic mass is 9.97. The Morgan fingerprint density at radius 3 is 2.29 bits per heavy atom. The molecule has 5 unspecified atom stereocenters. The van der Waals surface area contributed by atoms with Crippen LogP contribution in [0.15, 0.2) is 12.5 Å². The molecular formula is C21H35N7O6S. The first kappa shape index (κ1) is 29.9. The van der Waals surface area contributed by atoms with Crippen LogP contribution in [0.25, 0.3) is 0 Å². The number of aromatic amines is 1. The summed E-state index contributed by atoms with van der Waals surface area (Å²) in [6.45, 7) is 3.50. The van der Waals surface area contributed by atoms with Gasteiger partial charge in [0.1, 0.15) is 18.1 Å². The number of aliphatic carboxylic acids is 1. The Bertz CT molecular complexity index is 866. The summed E-state index contributed by atoms with van der Waals surface area (Å²) in [6.07, 6.45) is 5.16. The van der Waals surface area contributed by atoms with Gasteiger partial charge in [-0.25, -0.2) is 9.78 Å². The minimum Gasteiger partial charge on any atom is -0.480 e. The van der Waals surface area contributed by atoms with E-state index in [-0.39, 0.29) is 6.42 Å². The molecule has 0 bridgehead atoms. The maximum absolute atomic E-state index is 13.2. The van der Waals surface area contributed by atoms with Crippen molar-refractivity contribution in [1.82, 2.24) is 25.9 Å². The highest BCUT2D eigenvalue weighted by molar-refractivity contribution is 7.98. The average Bonchev–Trinajstić information content (AvgIpc) is 3.31. The van der Waals surface area contributed by atoms with Gasteiger partial charge >= 0.3 is 5.97 Å². The van der Waals surface area contributed by atoms with Gasteiger partial charge in [-0.1, -0.05) is 20.3 Å². The van der Waals surface area contributed by atoms with Crippen LogP contribution in [-0.4, -0.2) is 80.8 Å². The molecule has 4 amide bonds. The number of rotatable bonds is 16. The number of H-pyrrole nitrogens is 1. The molecule has 1 aromatic heterocycles. The number of nitrogens with zero attached hydrogens (tertiary/aromatic N) is 1. The van der Waals surface area contributed by atoms with Gasteiger partial charge in [0, 0.05) is 18.3 Å². The molecule has 0 saturated heterocycles. The number of carbonyl (C=O) groups excluding carboxylic acids is 4. The Kier molecular flexibility index (Phi) is 12.8. The molecule has 196 valence electrons. The quantitative estimate of drug-likeness (QED) is 0.136. The third kappa shape index (κ3) is 10.3. The molecule has 0 radical (unpaired) electrons. The zero-order valence-electron chi connectivity index (χ0n) is 20.1. The third-order valence-electron chi connectivity index (χ3n) is 5.39. The van der Waals surface area contributed by atoms with E-state index in [0.717, 1.165) is 0 Å². The fraction of sp³-hybridized carbons (Fsp3) is 0.619. The average molecular weight is 514 g/mol. The number of carboxylic acid groups (broad SMARTS) is 1. The van der Waals surface area contributed by atoms with E-state index in [0.29, 0.717) is 24.3 Å². The molecule has 14 heteroatoms. The summed E-state index contributed by atoms with van der Waals surface area (Å²) in [5, 5.41) is 16.8. The molecule has 0 saturated carbocycles. The Labute approximate surface area is 207 Å². The molecule has 13 nitrogen and oxygen atoms in total. The van der Waals surface area contributed by atoms with Gasteiger partial charge in [-0.15, -0.1) is 0 Å². The largest absolute Gasteiger partial charge is 0.480 e. The van der Waals surface area contributed by atoms with Crippen molar-refractivity contribution in [2.45, 2.75) is 63.7 Å². The first-order valence-electron chi connectivity index (χ1n) is 11.1. The van der Waals surface area contributed by atoms with E-state index in [1.165, 1.54) is 24.3 Å². The molecule has 0 aromatic carbocycles. The molecule has 1 rings (SSSR count). The lowest BCUT2D eigenvalue weighted by Crippen LogP contribution is -2.59. The van der Waals surface area contributed by atoms with Crippen LogP contribution in [0.2, 0.25) is 0 Å². The number of thioether (sulfide) groups is 1. The van der Waals surface area contributed by atoms with E-state index in [2.05, 4.69) is 25.9 Å². The zero-order chi connectivity index (χ0) is 26.5. The van der Waals surface area contributed by atoms with Gasteiger partial charge in [-0.2, -0.15) is 11.8 Å². The van der Waals surface area contributed by atoms with Gasteiger partial charge in [-0.05, 0) is 24.3 Å². The second-order valence-corrected chi connectivity index (χ2v) is 9.16. The van der Waals surface area contributed by atoms with Gasteiger partial charge in [0.05, 0.1) is 18.8 Å². The summed E-state index contributed by atoms with van der Waals surface area (Å²) >= 11 is 1.54. The maximum Gasteiger partial charge on any atom is 0.326 e. The predicted molar refractivity (Wildman–Crippen MR) is 130 cm³/mol. The predicted octanol–water partition coefficient (Wildman–Crippen LogP) is -1.51. The molecule has 9 N–H and O–H groups in total. The number of imidazole rings is 1. The second kappa shape index (κ2) is 15.0. The van der Waals surface area contributed by atoms with E-state index in [1.54, 1.807) is 13.8 Å². The fourth-order valence-corrected chi connectivity index (χ4v) is 3.59. The number of primary amides is 1. The fourth-order valence-electron chi connectivity index (χ4n) is 3.10. The summed E-state index contributed by atoms with van der Waals surface area (Å²) in [5.74, 6) is -4.03. The van der Waals surface area contributed by atoms with E-state index in [4.69, 9.17) is 11.5 Å². The first-order chi connectivity index (χ1) is 16.5. The van der Waals surface area contributed by atoms with Crippen molar-refractivity contribution in [3.8, 4) is 0 Å². The van der Waals surface area contributed by atoms with E-state index >= 15 is 0 Å². The molecule has 0 aliphatic rings. The highest BCUT2D eigenvalue weighted by Gasteiger charge is 2.33. The van der Waals surface area contributed by atoms with Crippen LogP contribution >= 0.6 is 11.8 Å². The molecule has 35 heavy (non-hydrogen) atoms. The summed E-state index contributed by atoms with van der Waals surface area (Å²) in [6, 6.07) is -4.58. The number of hydrogen-bond acceptors (Lipinski definition) is 8. The molecule has 0 aliphatic heterocycles. The number of hydrogen-bond donors (Lipinski definition) is 7. The van der Waals surface area contributed by atoms with Crippen molar-refractivity contribution in [2.24, 2.45) is 17.4 Å². The van der Waals surface area contributed by atoms with Crippen LogP contribution in [0.5, 0.6) is 0 Å². The van der Waals surface area contributed by atoms with Crippen molar-refractivity contribution in [2.75, 3.05) is 12.0 Å². The van der Waals surface area contributed by atoms with Gasteiger partial charge in [-0.3, -0.25) is 19.2 Å². The summed E-state index contributed by atoms with van der Waals surface area (Å²) in [4.78, 5) is 68.0. The monoisotopic (exact) mass is 513 g/mol. The SMILES string of the molecule is CCC(C)C(NC(=O)C(Cc1cnc[nH]1)NC(=O)C(N)CCSC)C(=O)NC(CC(N)=O)C(=O)O. The van der Waals surface area contributed by atoms with Crippen LogP contribution in [0, 0.1) is 5.92 Å². The molecule has 1 aromatic rings. The Morgan fingerprint density at radius 1 is 1.11 bits per heavy atom. The normalized spacial score (nSPS) is 15.2. The minimum atomic E-state index is -1.54. The summed E-state index contributed by atoms with van der Waals surface area (Å²) < 4.78 is 0. The van der Waals surface area contributed by atoms with Crippen LogP contribution in [0.1, 0.15) is 38.8 Å². The highest BCUT2D eigenvalue weighted by atomic mass is 32.2. The van der Waals surface area contributed by atoms with Crippen molar-refractivity contribution in [1.29, 1.82) is 0 Å². The molecular weight excluding hydrogens is 478 g/mol. The van der Waals surface area contributed by atoms with Gasteiger partial charge in [0.2, 0.25) is 23.6 Å². The van der Waals surface area contributed by atoms with Gasteiger partial charge in [0.25, 0.3) is 0 Å².